The highest BCUT2D eigenvalue weighted by molar-refractivity contribution is 5.69. The van der Waals surface area contributed by atoms with Crippen LogP contribution in [-0.4, -0.2) is 28.6 Å². The fraction of sp³-hybridized carbons (Fsp3) is 0.588. The van der Waals surface area contributed by atoms with Gasteiger partial charge in [-0.05, 0) is 43.2 Å². The van der Waals surface area contributed by atoms with E-state index in [-0.39, 0.29) is 24.0 Å². The Morgan fingerprint density at radius 2 is 2.05 bits per heavy atom. The van der Waals surface area contributed by atoms with E-state index in [2.05, 4.69) is 56.9 Å². The maximum absolute atomic E-state index is 11.2. The van der Waals surface area contributed by atoms with Crippen molar-refractivity contribution in [2.45, 2.75) is 58.0 Å². The summed E-state index contributed by atoms with van der Waals surface area (Å²) in [5.41, 5.74) is 2.85. The first kappa shape index (κ1) is 15.0. The molecular formula is C17H25NO2. The normalized spacial score (nSPS) is 21.0. The number of nitrogens with zero attached hydrogens (tertiary/aromatic N) is 1. The molecule has 0 aromatic heterocycles. The maximum Gasteiger partial charge on any atom is 0.317 e. The molecule has 1 unspecified atom stereocenters. The molecule has 20 heavy (non-hydrogen) atoms. The van der Waals surface area contributed by atoms with Crippen molar-refractivity contribution in [1.82, 2.24) is 4.90 Å². The number of carboxylic acids is 1. The summed E-state index contributed by atoms with van der Waals surface area (Å²) in [6.45, 7) is 8.81. The quantitative estimate of drug-likeness (QED) is 0.913. The topological polar surface area (TPSA) is 40.5 Å². The fourth-order valence-corrected chi connectivity index (χ4v) is 3.34. The zero-order chi connectivity index (χ0) is 14.9. The first-order valence-electron chi connectivity index (χ1n) is 7.40. The minimum Gasteiger partial charge on any atom is -0.480 e. The molecule has 1 N–H and O–H groups in total. The molecule has 0 heterocycles. The van der Waals surface area contributed by atoms with Crippen LogP contribution in [0.4, 0.5) is 0 Å². The Labute approximate surface area is 121 Å². The summed E-state index contributed by atoms with van der Waals surface area (Å²) >= 11 is 0. The molecule has 1 aromatic carbocycles. The van der Waals surface area contributed by atoms with Crippen LogP contribution in [0.1, 0.15) is 57.7 Å². The highest BCUT2D eigenvalue weighted by Gasteiger charge is 2.36. The van der Waals surface area contributed by atoms with Gasteiger partial charge in [0, 0.05) is 12.1 Å². The molecule has 1 aromatic rings. The zero-order valence-corrected chi connectivity index (χ0v) is 12.9. The van der Waals surface area contributed by atoms with E-state index in [0.717, 1.165) is 12.8 Å². The van der Waals surface area contributed by atoms with Crippen molar-refractivity contribution >= 4 is 5.97 Å². The second kappa shape index (κ2) is 5.57. The molecule has 0 aliphatic heterocycles. The molecule has 0 radical (unpaired) electrons. The molecule has 110 valence electrons. The molecule has 0 saturated carbocycles. The van der Waals surface area contributed by atoms with Crippen LogP contribution >= 0.6 is 0 Å². The van der Waals surface area contributed by atoms with E-state index in [1.165, 1.54) is 11.1 Å². The van der Waals surface area contributed by atoms with Crippen molar-refractivity contribution in [1.29, 1.82) is 0 Å². The molecule has 0 amide bonds. The number of carboxylic acid groups (broad SMARTS) is 1. The third-order valence-electron chi connectivity index (χ3n) is 4.47. The van der Waals surface area contributed by atoms with Crippen LogP contribution in [-0.2, 0) is 10.2 Å². The summed E-state index contributed by atoms with van der Waals surface area (Å²) in [6, 6.07) is 8.95. The summed E-state index contributed by atoms with van der Waals surface area (Å²) in [5, 5.41) is 9.17. The van der Waals surface area contributed by atoms with Crippen molar-refractivity contribution in [3.05, 3.63) is 35.4 Å². The molecule has 3 heteroatoms. The average Bonchev–Trinajstić information content (AvgIpc) is 2.36. The van der Waals surface area contributed by atoms with E-state index < -0.39 is 5.97 Å². The molecule has 1 atom stereocenters. The van der Waals surface area contributed by atoms with Gasteiger partial charge in [-0.2, -0.15) is 0 Å². The number of benzene rings is 1. The van der Waals surface area contributed by atoms with E-state index >= 15 is 0 Å². The van der Waals surface area contributed by atoms with Gasteiger partial charge in [0.25, 0.3) is 0 Å². The highest BCUT2D eigenvalue weighted by Crippen LogP contribution is 2.44. The summed E-state index contributed by atoms with van der Waals surface area (Å²) in [6.07, 6.45) is 2.12. The molecule has 3 nitrogen and oxygen atoms in total. The number of hydrogen-bond acceptors (Lipinski definition) is 2. The van der Waals surface area contributed by atoms with Crippen LogP contribution in [0.5, 0.6) is 0 Å². The van der Waals surface area contributed by atoms with Crippen LogP contribution < -0.4 is 0 Å². The Bertz CT molecular complexity index is 494. The van der Waals surface area contributed by atoms with Gasteiger partial charge >= 0.3 is 5.97 Å². The van der Waals surface area contributed by atoms with Gasteiger partial charge < -0.3 is 5.11 Å². The molecule has 0 spiro atoms. The minimum atomic E-state index is -0.749. The molecular weight excluding hydrogens is 250 g/mol. The number of fused-ring (bicyclic) bond motifs is 1. The van der Waals surface area contributed by atoms with Crippen LogP contribution in [0, 0.1) is 0 Å². The Morgan fingerprint density at radius 1 is 1.40 bits per heavy atom. The monoisotopic (exact) mass is 275 g/mol. The third kappa shape index (κ3) is 2.88. The van der Waals surface area contributed by atoms with Gasteiger partial charge in [0.2, 0.25) is 0 Å². The SMILES string of the molecule is CC(C)N(CC(=O)O)C1CCC(C)(C)c2ccccc21. The fourth-order valence-electron chi connectivity index (χ4n) is 3.34. The van der Waals surface area contributed by atoms with Crippen molar-refractivity contribution in [3.8, 4) is 0 Å². The average molecular weight is 275 g/mol. The predicted molar refractivity (Wildman–Crippen MR) is 80.9 cm³/mol. The molecule has 0 bridgehead atoms. The van der Waals surface area contributed by atoms with Gasteiger partial charge in [-0.15, -0.1) is 0 Å². The van der Waals surface area contributed by atoms with E-state index in [0.29, 0.717) is 0 Å². The largest absolute Gasteiger partial charge is 0.480 e. The molecule has 0 saturated heterocycles. The lowest BCUT2D eigenvalue weighted by atomic mass is 9.70. The molecule has 2 rings (SSSR count). The van der Waals surface area contributed by atoms with Crippen LogP contribution in [0.3, 0.4) is 0 Å². The van der Waals surface area contributed by atoms with E-state index in [1.807, 2.05) is 0 Å². The van der Waals surface area contributed by atoms with Crippen LogP contribution in [0.25, 0.3) is 0 Å². The zero-order valence-electron chi connectivity index (χ0n) is 12.9. The van der Waals surface area contributed by atoms with E-state index in [9.17, 15) is 9.90 Å². The van der Waals surface area contributed by atoms with Crippen molar-refractivity contribution < 1.29 is 9.90 Å². The van der Waals surface area contributed by atoms with E-state index in [1.54, 1.807) is 0 Å². The van der Waals surface area contributed by atoms with Crippen LogP contribution in [0.2, 0.25) is 0 Å². The Hall–Kier alpha value is -1.35. The summed E-state index contributed by atoms with van der Waals surface area (Å²) in [7, 11) is 0. The Morgan fingerprint density at radius 3 is 2.65 bits per heavy atom. The highest BCUT2D eigenvalue weighted by atomic mass is 16.4. The second-order valence-electron chi connectivity index (χ2n) is 6.69. The minimum absolute atomic E-state index is 0.108. The number of rotatable bonds is 4. The lowest BCUT2D eigenvalue weighted by Gasteiger charge is -2.43. The van der Waals surface area contributed by atoms with Crippen molar-refractivity contribution in [2.24, 2.45) is 0 Å². The van der Waals surface area contributed by atoms with Gasteiger partial charge in [0.15, 0.2) is 0 Å². The number of aliphatic carboxylic acids is 1. The van der Waals surface area contributed by atoms with Gasteiger partial charge in [-0.1, -0.05) is 38.1 Å². The Balaban J connectivity index is 2.40. The maximum atomic E-state index is 11.2. The Kier molecular flexibility index (Phi) is 4.19. The summed E-state index contributed by atoms with van der Waals surface area (Å²) in [5.74, 6) is -0.749. The van der Waals surface area contributed by atoms with Gasteiger partial charge in [0.1, 0.15) is 0 Å². The predicted octanol–water partition coefficient (Wildman–Crippen LogP) is 3.59. The van der Waals surface area contributed by atoms with E-state index in [4.69, 9.17) is 0 Å². The van der Waals surface area contributed by atoms with Gasteiger partial charge in [-0.25, -0.2) is 0 Å². The van der Waals surface area contributed by atoms with Crippen molar-refractivity contribution in [2.75, 3.05) is 6.54 Å². The standard InChI is InChI=1S/C17H25NO2/c1-12(2)18(11-16(19)20)15-9-10-17(3,4)14-8-6-5-7-13(14)15/h5-8,12,15H,9-11H2,1-4H3,(H,19,20). The first-order valence-corrected chi connectivity index (χ1v) is 7.40. The smallest absolute Gasteiger partial charge is 0.317 e. The molecule has 1 aliphatic rings. The number of carbonyl (C=O) groups is 1. The lowest BCUT2D eigenvalue weighted by Crippen LogP contribution is -2.42. The second-order valence-corrected chi connectivity index (χ2v) is 6.69. The third-order valence-corrected chi connectivity index (χ3v) is 4.47. The van der Waals surface area contributed by atoms with Crippen molar-refractivity contribution in [3.63, 3.8) is 0 Å². The lowest BCUT2D eigenvalue weighted by molar-refractivity contribution is -0.139. The first-order chi connectivity index (χ1) is 9.33. The molecule has 1 aliphatic carbocycles. The number of hydrogen-bond donors (Lipinski definition) is 1. The van der Waals surface area contributed by atoms with Gasteiger partial charge in [0.05, 0.1) is 6.54 Å². The van der Waals surface area contributed by atoms with Crippen LogP contribution in [0.15, 0.2) is 24.3 Å². The summed E-state index contributed by atoms with van der Waals surface area (Å²) < 4.78 is 0. The molecule has 0 fully saturated rings. The summed E-state index contributed by atoms with van der Waals surface area (Å²) in [4.78, 5) is 13.3. The van der Waals surface area contributed by atoms with Gasteiger partial charge in [-0.3, -0.25) is 9.69 Å².